The maximum absolute atomic E-state index is 5.94. The van der Waals surface area contributed by atoms with Crippen molar-refractivity contribution in [1.82, 2.24) is 0 Å². The molecule has 0 aliphatic rings. The van der Waals surface area contributed by atoms with Gasteiger partial charge >= 0.3 is 0 Å². The summed E-state index contributed by atoms with van der Waals surface area (Å²) in [6.07, 6.45) is 0.918. The number of hydrogen-bond acceptors (Lipinski definition) is 3. The number of nitrogens with zero attached hydrogens (tertiary/aromatic N) is 1. The summed E-state index contributed by atoms with van der Waals surface area (Å²) >= 11 is 1.56. The third kappa shape index (κ3) is 5.52. The molecule has 0 radical (unpaired) electrons. The Morgan fingerprint density at radius 1 is 1.10 bits per heavy atom. The highest BCUT2D eigenvalue weighted by atomic mass is 32.2. The lowest BCUT2D eigenvalue weighted by Gasteiger charge is -2.04. The van der Waals surface area contributed by atoms with Crippen molar-refractivity contribution in [1.29, 1.82) is 0 Å². The molecular weight excluding hydrogens is 280 g/mol. The summed E-state index contributed by atoms with van der Waals surface area (Å²) in [4.78, 5) is 4.40. The average molecular weight is 300 g/mol. The van der Waals surface area contributed by atoms with E-state index >= 15 is 0 Å². The van der Waals surface area contributed by atoms with Crippen molar-refractivity contribution in [2.24, 2.45) is 10.7 Å². The number of aliphatic imine (C=N–C) groups is 1. The second kappa shape index (κ2) is 8.37. The van der Waals surface area contributed by atoms with Crippen molar-refractivity contribution in [2.75, 3.05) is 13.7 Å². The largest absolute Gasteiger partial charge is 0.497 e. The quantitative estimate of drug-likeness (QED) is 0.656. The fourth-order valence-electron chi connectivity index (χ4n) is 1.91. The summed E-state index contributed by atoms with van der Waals surface area (Å²) in [7, 11) is 1.67. The van der Waals surface area contributed by atoms with Crippen LogP contribution in [0.4, 0.5) is 0 Å². The van der Waals surface area contributed by atoms with E-state index in [-0.39, 0.29) is 0 Å². The highest BCUT2D eigenvalue weighted by molar-refractivity contribution is 8.13. The number of hydrogen-bond donors (Lipinski definition) is 1. The van der Waals surface area contributed by atoms with Gasteiger partial charge in [0.25, 0.3) is 0 Å². The van der Waals surface area contributed by atoms with E-state index in [0.717, 1.165) is 24.5 Å². The van der Waals surface area contributed by atoms with Crippen LogP contribution < -0.4 is 10.5 Å². The van der Waals surface area contributed by atoms with Crippen molar-refractivity contribution in [3.8, 4) is 5.75 Å². The average Bonchev–Trinajstić information content (AvgIpc) is 2.54. The summed E-state index contributed by atoms with van der Waals surface area (Å²) in [6, 6.07) is 18.3. The fourth-order valence-corrected chi connectivity index (χ4v) is 2.58. The van der Waals surface area contributed by atoms with Crippen molar-refractivity contribution < 1.29 is 4.74 Å². The molecule has 0 unspecified atom stereocenters. The molecule has 2 aromatic rings. The Kier molecular flexibility index (Phi) is 6.16. The number of methoxy groups -OCH3 is 1. The van der Waals surface area contributed by atoms with Gasteiger partial charge in [-0.1, -0.05) is 54.2 Å². The van der Waals surface area contributed by atoms with Gasteiger partial charge in [0.2, 0.25) is 0 Å². The van der Waals surface area contributed by atoms with Crippen LogP contribution in [-0.2, 0) is 12.2 Å². The Labute approximate surface area is 130 Å². The zero-order valence-corrected chi connectivity index (χ0v) is 13.0. The highest BCUT2D eigenvalue weighted by Gasteiger charge is 1.99. The summed E-state index contributed by atoms with van der Waals surface area (Å²) in [5.74, 6) is 1.67. The van der Waals surface area contributed by atoms with E-state index in [9.17, 15) is 0 Å². The minimum absolute atomic E-state index is 0.633. The van der Waals surface area contributed by atoms with Gasteiger partial charge in [0.05, 0.1) is 7.11 Å². The van der Waals surface area contributed by atoms with E-state index < -0.39 is 0 Å². The van der Waals surface area contributed by atoms with E-state index in [0.29, 0.717) is 5.17 Å². The lowest BCUT2D eigenvalue weighted by atomic mass is 10.2. The minimum atomic E-state index is 0.633. The van der Waals surface area contributed by atoms with Crippen LogP contribution in [0.15, 0.2) is 59.6 Å². The van der Waals surface area contributed by atoms with Crippen LogP contribution in [0.5, 0.6) is 5.75 Å². The number of amidine groups is 1. The standard InChI is InChI=1S/C17H20N2OS/c1-20-16-9-5-8-15(12-16)13-21-17(18)19-11-10-14-6-3-2-4-7-14/h2-9,12H,10-11,13H2,1H3,(H2,18,19). The van der Waals surface area contributed by atoms with Gasteiger partial charge in [-0.3, -0.25) is 4.99 Å². The number of thioether (sulfide) groups is 1. The molecule has 2 N–H and O–H groups in total. The molecule has 21 heavy (non-hydrogen) atoms. The van der Waals surface area contributed by atoms with Gasteiger partial charge in [0.1, 0.15) is 5.75 Å². The monoisotopic (exact) mass is 300 g/mol. The molecule has 0 atom stereocenters. The molecule has 110 valence electrons. The third-order valence-corrected chi connectivity index (χ3v) is 3.93. The molecular formula is C17H20N2OS. The molecule has 0 saturated heterocycles. The van der Waals surface area contributed by atoms with Gasteiger partial charge < -0.3 is 10.5 Å². The first-order chi connectivity index (χ1) is 10.3. The summed E-state index contributed by atoms with van der Waals surface area (Å²) in [5, 5.41) is 0.633. The van der Waals surface area contributed by atoms with Gasteiger partial charge in [-0.25, -0.2) is 0 Å². The van der Waals surface area contributed by atoms with Gasteiger partial charge in [0.15, 0.2) is 5.17 Å². The lowest BCUT2D eigenvalue weighted by Crippen LogP contribution is -2.08. The third-order valence-electron chi connectivity index (χ3n) is 3.03. The van der Waals surface area contributed by atoms with Crippen molar-refractivity contribution >= 4 is 16.9 Å². The summed E-state index contributed by atoms with van der Waals surface area (Å²) < 4.78 is 5.20. The second-order valence-corrected chi connectivity index (χ2v) is 5.59. The van der Waals surface area contributed by atoms with Gasteiger partial charge in [-0.05, 0) is 29.7 Å². The molecule has 0 heterocycles. The molecule has 2 rings (SSSR count). The molecule has 0 aromatic heterocycles. The smallest absolute Gasteiger partial charge is 0.154 e. The number of benzene rings is 2. The molecule has 0 spiro atoms. The maximum atomic E-state index is 5.94. The molecule has 0 fully saturated rings. The molecule has 2 aromatic carbocycles. The van der Waals surface area contributed by atoms with Crippen LogP contribution >= 0.6 is 11.8 Å². The van der Waals surface area contributed by atoms with E-state index in [1.807, 2.05) is 36.4 Å². The molecule has 4 heteroatoms. The van der Waals surface area contributed by atoms with Gasteiger partial charge in [-0.15, -0.1) is 0 Å². The molecule has 0 aliphatic carbocycles. The molecule has 0 aliphatic heterocycles. The van der Waals surface area contributed by atoms with E-state index in [1.165, 1.54) is 11.1 Å². The van der Waals surface area contributed by atoms with E-state index in [2.05, 4.69) is 23.2 Å². The zero-order valence-electron chi connectivity index (χ0n) is 12.2. The van der Waals surface area contributed by atoms with Crippen LogP contribution in [-0.4, -0.2) is 18.8 Å². The van der Waals surface area contributed by atoms with Crippen molar-refractivity contribution in [2.45, 2.75) is 12.2 Å². The van der Waals surface area contributed by atoms with Gasteiger partial charge in [0, 0.05) is 12.3 Å². The van der Waals surface area contributed by atoms with Crippen molar-refractivity contribution in [3.63, 3.8) is 0 Å². The molecule has 0 amide bonds. The SMILES string of the molecule is COc1cccc(CSC(N)=NCCc2ccccc2)c1. The maximum Gasteiger partial charge on any atom is 0.154 e. The van der Waals surface area contributed by atoms with E-state index in [4.69, 9.17) is 10.5 Å². The van der Waals surface area contributed by atoms with Gasteiger partial charge in [-0.2, -0.15) is 0 Å². The van der Waals surface area contributed by atoms with Crippen LogP contribution in [0.3, 0.4) is 0 Å². The van der Waals surface area contributed by atoms with Crippen LogP contribution in [0.25, 0.3) is 0 Å². The van der Waals surface area contributed by atoms with Crippen molar-refractivity contribution in [3.05, 3.63) is 65.7 Å². The number of ether oxygens (including phenoxy) is 1. The topological polar surface area (TPSA) is 47.6 Å². The molecule has 3 nitrogen and oxygen atoms in total. The Morgan fingerprint density at radius 3 is 2.62 bits per heavy atom. The predicted octanol–water partition coefficient (Wildman–Crippen LogP) is 3.49. The summed E-state index contributed by atoms with van der Waals surface area (Å²) in [6.45, 7) is 0.723. The summed E-state index contributed by atoms with van der Waals surface area (Å²) in [5.41, 5.74) is 8.40. The lowest BCUT2D eigenvalue weighted by molar-refractivity contribution is 0.414. The fraction of sp³-hybridized carbons (Fsp3) is 0.235. The first kappa shape index (κ1) is 15.4. The Hall–Kier alpha value is -1.94. The second-order valence-electron chi connectivity index (χ2n) is 4.60. The number of rotatable bonds is 6. The Bertz CT molecular complexity index is 584. The zero-order chi connectivity index (χ0) is 14.9. The first-order valence-corrected chi connectivity index (χ1v) is 7.86. The van der Waals surface area contributed by atoms with Crippen LogP contribution in [0.2, 0.25) is 0 Å². The highest BCUT2D eigenvalue weighted by Crippen LogP contribution is 2.17. The first-order valence-electron chi connectivity index (χ1n) is 6.87. The minimum Gasteiger partial charge on any atom is -0.497 e. The molecule has 0 bridgehead atoms. The van der Waals surface area contributed by atoms with E-state index in [1.54, 1.807) is 18.9 Å². The normalized spacial score (nSPS) is 11.4. The number of nitrogens with two attached hydrogens (primary N) is 1. The van der Waals surface area contributed by atoms with Crippen LogP contribution in [0, 0.1) is 0 Å². The Morgan fingerprint density at radius 2 is 1.86 bits per heavy atom. The molecule has 0 saturated carbocycles. The Balaban J connectivity index is 1.78. The predicted molar refractivity (Wildman–Crippen MR) is 90.9 cm³/mol. The van der Waals surface area contributed by atoms with Crippen LogP contribution in [0.1, 0.15) is 11.1 Å².